The summed E-state index contributed by atoms with van der Waals surface area (Å²) in [6.07, 6.45) is 8.01. The average molecular weight is 1060 g/mol. The van der Waals surface area contributed by atoms with Gasteiger partial charge in [0, 0.05) is 20.4 Å². The number of benzene rings is 8. The molecule has 4 nitrogen and oxygen atoms in total. The van der Waals surface area contributed by atoms with Crippen LogP contribution in [0.5, 0.6) is 0 Å². The van der Waals surface area contributed by atoms with E-state index in [4.69, 9.17) is 19.9 Å². The number of aromatic nitrogens is 4. The maximum atomic E-state index is 5.90. The van der Waals surface area contributed by atoms with Crippen LogP contribution in [-0.2, 0) is 20.4 Å². The predicted molar refractivity (Wildman–Crippen MR) is 307 cm³/mol. The zero-order valence-electron chi connectivity index (χ0n) is 40.3. The van der Waals surface area contributed by atoms with Crippen LogP contribution in [-0.4, -0.2) is 19.9 Å². The molecular formula is C68H49N4PPd. The van der Waals surface area contributed by atoms with E-state index >= 15 is 0 Å². The topological polar surface area (TPSA) is 51.6 Å². The minimum absolute atomic E-state index is 0. The van der Waals surface area contributed by atoms with E-state index in [1.807, 2.05) is 24.8 Å². The first-order valence-electron chi connectivity index (χ1n) is 24.7. The molecule has 0 saturated heterocycles. The van der Waals surface area contributed by atoms with Gasteiger partial charge in [-0.15, -0.1) is 0 Å². The molecule has 0 saturated carbocycles. The van der Waals surface area contributed by atoms with Crippen molar-refractivity contribution in [3.05, 3.63) is 292 Å². The Morgan fingerprint density at radius 3 is 0.527 bits per heavy atom. The standard InChI is InChI=1S/C68H49N4P.Pd/c1-9-25-49(26-10-1)57-41-45-69-65(61(57)53-33-17-5-18-34-53)73(66-62(54-35-19-6-20-36-54)58(42-46-70-66)50-27-11-2-12-28-50,67-63(55-37-21-7-22-38-55)59(43-47-71-67)51-29-13-3-14-30-51)68-64(56-39-23-8-24-40-56)60(44-48-72-68)52-31-15-4-16-32-52;/h1-48,73H;. The van der Waals surface area contributed by atoms with E-state index in [0.717, 1.165) is 111 Å². The van der Waals surface area contributed by atoms with Gasteiger partial charge in [0.05, 0.1) is 0 Å². The maximum absolute atomic E-state index is 5.90. The van der Waals surface area contributed by atoms with Crippen molar-refractivity contribution in [1.29, 1.82) is 0 Å². The molecule has 0 unspecified atom stereocenters. The van der Waals surface area contributed by atoms with Crippen LogP contribution < -0.4 is 21.7 Å². The molecule has 0 N–H and O–H groups in total. The van der Waals surface area contributed by atoms with Crippen molar-refractivity contribution < 1.29 is 20.4 Å². The van der Waals surface area contributed by atoms with E-state index in [2.05, 4.69) is 267 Å². The Hall–Kier alpha value is -8.55. The monoisotopic (exact) mass is 1060 g/mol. The number of pyridine rings is 4. The SMILES string of the molecule is [Pd].c1ccc(-c2ccnc([PH](c3nccc(-c4ccccc4)c3-c3ccccc3)(c3nccc(-c4ccccc4)c3-c3ccccc3)c3nccc(-c4ccccc4)c3-c3ccccc3)c2-c2ccccc2)cc1. The van der Waals surface area contributed by atoms with Gasteiger partial charge in [-0.05, 0) is 0 Å². The predicted octanol–water partition coefficient (Wildman–Crippen LogP) is 15.0. The van der Waals surface area contributed by atoms with Crippen molar-refractivity contribution >= 4 is 29.0 Å². The second-order valence-electron chi connectivity index (χ2n) is 18.0. The van der Waals surface area contributed by atoms with Crippen LogP contribution in [0.1, 0.15) is 0 Å². The summed E-state index contributed by atoms with van der Waals surface area (Å²) in [7, 11) is -4.31. The summed E-state index contributed by atoms with van der Waals surface area (Å²) in [5.74, 6) is 0. The molecule has 12 rings (SSSR count). The minimum atomic E-state index is -4.31. The molecule has 0 spiro atoms. The van der Waals surface area contributed by atoms with Gasteiger partial charge in [-0.25, -0.2) is 0 Å². The molecule has 0 aliphatic heterocycles. The van der Waals surface area contributed by atoms with E-state index in [-0.39, 0.29) is 20.4 Å². The zero-order valence-corrected chi connectivity index (χ0v) is 42.9. The van der Waals surface area contributed by atoms with Gasteiger partial charge in [-0.2, -0.15) is 0 Å². The van der Waals surface area contributed by atoms with Gasteiger partial charge < -0.3 is 0 Å². The fourth-order valence-corrected chi connectivity index (χ4v) is 15.7. The third-order valence-electron chi connectivity index (χ3n) is 13.8. The van der Waals surface area contributed by atoms with Crippen LogP contribution in [0.4, 0.5) is 0 Å². The van der Waals surface area contributed by atoms with Crippen molar-refractivity contribution in [2.24, 2.45) is 0 Å². The van der Waals surface area contributed by atoms with Gasteiger partial charge in [-0.3, -0.25) is 0 Å². The average Bonchev–Trinajstić information content (AvgIpc) is 3.51. The molecule has 12 aromatic rings. The summed E-state index contributed by atoms with van der Waals surface area (Å²) < 4.78 is 0. The zero-order chi connectivity index (χ0) is 48.8. The molecule has 4 aromatic heterocycles. The van der Waals surface area contributed by atoms with Gasteiger partial charge >= 0.3 is 430 Å². The molecule has 0 aliphatic rings. The Labute approximate surface area is 447 Å². The third kappa shape index (κ3) is 8.83. The van der Waals surface area contributed by atoms with Crippen molar-refractivity contribution in [1.82, 2.24) is 19.9 Å². The van der Waals surface area contributed by atoms with E-state index in [0.29, 0.717) is 0 Å². The molecule has 74 heavy (non-hydrogen) atoms. The fourth-order valence-electron chi connectivity index (χ4n) is 10.7. The van der Waals surface area contributed by atoms with Crippen LogP contribution in [0.25, 0.3) is 89.0 Å². The summed E-state index contributed by atoms with van der Waals surface area (Å²) in [6, 6.07) is 94.6. The van der Waals surface area contributed by atoms with E-state index in [9.17, 15) is 0 Å². The molecule has 0 aliphatic carbocycles. The van der Waals surface area contributed by atoms with E-state index in [1.165, 1.54) is 0 Å². The van der Waals surface area contributed by atoms with Gasteiger partial charge in [0.15, 0.2) is 0 Å². The summed E-state index contributed by atoms with van der Waals surface area (Å²) in [5.41, 5.74) is 20.1. The van der Waals surface area contributed by atoms with Gasteiger partial charge in [0.2, 0.25) is 0 Å². The summed E-state index contributed by atoms with van der Waals surface area (Å²) in [5, 5.41) is 0. The molecule has 0 radical (unpaired) electrons. The summed E-state index contributed by atoms with van der Waals surface area (Å²) in [6.45, 7) is 0. The number of hydrogen-bond acceptors (Lipinski definition) is 4. The third-order valence-corrected chi connectivity index (χ3v) is 18.2. The van der Waals surface area contributed by atoms with Gasteiger partial charge in [0.1, 0.15) is 0 Å². The number of nitrogens with zero attached hydrogens (tertiary/aromatic N) is 4. The van der Waals surface area contributed by atoms with E-state index in [1.54, 1.807) is 0 Å². The Morgan fingerprint density at radius 1 is 0.189 bits per heavy atom. The molecule has 0 fully saturated rings. The summed E-state index contributed by atoms with van der Waals surface area (Å²) in [4.78, 5) is 23.6. The van der Waals surface area contributed by atoms with Crippen molar-refractivity contribution in [3.8, 4) is 89.0 Å². The van der Waals surface area contributed by atoms with Crippen LogP contribution in [0.3, 0.4) is 0 Å². The van der Waals surface area contributed by atoms with E-state index < -0.39 is 7.26 Å². The van der Waals surface area contributed by atoms with Crippen molar-refractivity contribution in [2.45, 2.75) is 0 Å². The Morgan fingerprint density at radius 2 is 0.351 bits per heavy atom. The molecule has 356 valence electrons. The normalized spacial score (nSPS) is 11.4. The van der Waals surface area contributed by atoms with Gasteiger partial charge in [-0.1, -0.05) is 0 Å². The first kappa shape index (κ1) is 47.8. The first-order chi connectivity index (χ1) is 36.3. The molecule has 0 atom stereocenters. The van der Waals surface area contributed by atoms with Gasteiger partial charge in [0.25, 0.3) is 0 Å². The molecule has 0 amide bonds. The quantitative estimate of drug-likeness (QED) is 0.0904. The number of hydrogen-bond donors (Lipinski definition) is 0. The molecule has 0 bridgehead atoms. The molecule has 4 heterocycles. The first-order valence-corrected chi connectivity index (χ1v) is 26.7. The van der Waals surface area contributed by atoms with Crippen LogP contribution in [0, 0.1) is 0 Å². The Bertz CT molecular complexity index is 3300. The second-order valence-corrected chi connectivity index (χ2v) is 21.4. The Balaban J connectivity index is 0.00000588. The molecule has 6 heteroatoms. The molecule has 8 aromatic carbocycles. The van der Waals surface area contributed by atoms with Crippen molar-refractivity contribution in [3.63, 3.8) is 0 Å². The second kappa shape index (κ2) is 21.7. The number of rotatable bonds is 12. The van der Waals surface area contributed by atoms with Crippen molar-refractivity contribution in [2.75, 3.05) is 0 Å². The molecular weight excluding hydrogens is 1010 g/mol. The van der Waals surface area contributed by atoms with Crippen LogP contribution in [0.15, 0.2) is 292 Å². The van der Waals surface area contributed by atoms with Crippen LogP contribution >= 0.6 is 7.26 Å². The Kier molecular flexibility index (Phi) is 14.0. The summed E-state index contributed by atoms with van der Waals surface area (Å²) >= 11 is 0. The van der Waals surface area contributed by atoms with Crippen LogP contribution in [0.2, 0.25) is 0 Å². The fraction of sp³-hybridized carbons (Fsp3) is 0.